The molecule has 3 rings (SSSR count). The van der Waals surface area contributed by atoms with Gasteiger partial charge >= 0.3 is 6.03 Å². The zero-order chi connectivity index (χ0) is 12.8. The van der Waals surface area contributed by atoms with Gasteiger partial charge in [-0.05, 0) is 24.6 Å². The molecule has 6 nitrogen and oxygen atoms in total. The zero-order valence-corrected chi connectivity index (χ0v) is 9.78. The number of benzene rings is 1. The lowest BCUT2D eigenvalue weighted by molar-refractivity contribution is -0.123. The summed E-state index contributed by atoms with van der Waals surface area (Å²) in [5.41, 5.74) is -0.00998. The predicted molar refractivity (Wildman–Crippen MR) is 61.3 cm³/mol. The van der Waals surface area contributed by atoms with E-state index in [1.807, 2.05) is 12.1 Å². The number of hydrogen-bond acceptors (Lipinski definition) is 4. The van der Waals surface area contributed by atoms with Crippen LogP contribution in [0.25, 0.3) is 0 Å². The van der Waals surface area contributed by atoms with Gasteiger partial charge in [0.05, 0.1) is 0 Å². The highest BCUT2D eigenvalue weighted by Gasteiger charge is 2.41. The molecule has 2 aliphatic heterocycles. The summed E-state index contributed by atoms with van der Waals surface area (Å²) in [5.74, 6) is 1.05. The maximum Gasteiger partial charge on any atom is 0.322 e. The van der Waals surface area contributed by atoms with E-state index in [0.29, 0.717) is 17.9 Å². The van der Waals surface area contributed by atoms with Crippen molar-refractivity contribution in [3.05, 3.63) is 23.8 Å². The van der Waals surface area contributed by atoms with Crippen LogP contribution in [0, 0.1) is 0 Å². The Morgan fingerprint density at radius 3 is 2.78 bits per heavy atom. The Balaban J connectivity index is 1.84. The molecule has 18 heavy (non-hydrogen) atoms. The molecule has 1 aromatic rings. The summed E-state index contributed by atoms with van der Waals surface area (Å²) < 4.78 is 10.5. The Hall–Kier alpha value is -2.24. The van der Waals surface area contributed by atoms with Crippen LogP contribution in [-0.4, -0.2) is 24.3 Å². The van der Waals surface area contributed by atoms with Gasteiger partial charge in [0, 0.05) is 6.42 Å². The monoisotopic (exact) mass is 248 g/mol. The summed E-state index contributed by atoms with van der Waals surface area (Å²) in [6.07, 6.45) is 0.404. The largest absolute Gasteiger partial charge is 0.454 e. The van der Waals surface area contributed by atoms with E-state index in [1.165, 1.54) is 0 Å². The van der Waals surface area contributed by atoms with Gasteiger partial charge in [0.15, 0.2) is 11.5 Å². The number of rotatable bonds is 2. The molecule has 2 aliphatic rings. The summed E-state index contributed by atoms with van der Waals surface area (Å²) in [6.45, 7) is 1.91. The van der Waals surface area contributed by atoms with Crippen LogP contribution in [0.5, 0.6) is 11.5 Å². The highest BCUT2D eigenvalue weighted by atomic mass is 16.7. The third-order valence-corrected chi connectivity index (χ3v) is 3.11. The molecule has 94 valence electrons. The quantitative estimate of drug-likeness (QED) is 0.749. The lowest BCUT2D eigenvalue weighted by atomic mass is 9.93. The van der Waals surface area contributed by atoms with Crippen molar-refractivity contribution >= 4 is 11.9 Å². The van der Waals surface area contributed by atoms with Gasteiger partial charge in [0.2, 0.25) is 6.79 Å². The first-order valence-corrected chi connectivity index (χ1v) is 5.59. The van der Waals surface area contributed by atoms with Gasteiger partial charge in [-0.15, -0.1) is 0 Å². The van der Waals surface area contributed by atoms with E-state index in [-0.39, 0.29) is 12.7 Å². The Labute approximate surface area is 103 Å². The maximum absolute atomic E-state index is 11.7. The van der Waals surface area contributed by atoms with Crippen molar-refractivity contribution in [3.63, 3.8) is 0 Å². The molecular weight excluding hydrogens is 236 g/mol. The summed E-state index contributed by atoms with van der Waals surface area (Å²) >= 11 is 0. The lowest BCUT2D eigenvalue weighted by Crippen LogP contribution is -2.45. The minimum atomic E-state index is -0.912. The van der Waals surface area contributed by atoms with E-state index >= 15 is 0 Å². The van der Waals surface area contributed by atoms with E-state index in [9.17, 15) is 9.59 Å². The van der Waals surface area contributed by atoms with Crippen LogP contribution in [0.15, 0.2) is 18.2 Å². The van der Waals surface area contributed by atoms with Gasteiger partial charge in [-0.1, -0.05) is 6.07 Å². The fourth-order valence-corrected chi connectivity index (χ4v) is 2.16. The summed E-state index contributed by atoms with van der Waals surface area (Å²) in [7, 11) is 0. The molecule has 0 radical (unpaired) electrons. The topological polar surface area (TPSA) is 76.7 Å². The molecule has 1 atom stereocenters. The Kier molecular flexibility index (Phi) is 2.19. The van der Waals surface area contributed by atoms with Crippen LogP contribution < -0.4 is 20.1 Å². The van der Waals surface area contributed by atoms with Crippen molar-refractivity contribution in [3.8, 4) is 11.5 Å². The molecule has 1 saturated heterocycles. The second-order valence-electron chi connectivity index (χ2n) is 4.60. The number of hydrogen-bond donors (Lipinski definition) is 2. The van der Waals surface area contributed by atoms with Crippen LogP contribution in [-0.2, 0) is 11.2 Å². The molecule has 3 amide bonds. The first kappa shape index (κ1) is 10.9. The minimum absolute atomic E-state index is 0.216. The summed E-state index contributed by atoms with van der Waals surface area (Å²) in [4.78, 5) is 22.9. The van der Waals surface area contributed by atoms with Crippen molar-refractivity contribution in [1.82, 2.24) is 10.6 Å². The van der Waals surface area contributed by atoms with Gasteiger partial charge in [-0.2, -0.15) is 0 Å². The van der Waals surface area contributed by atoms with Crippen molar-refractivity contribution in [2.45, 2.75) is 18.9 Å². The molecule has 0 saturated carbocycles. The van der Waals surface area contributed by atoms with Crippen LogP contribution in [0.4, 0.5) is 4.79 Å². The van der Waals surface area contributed by atoms with E-state index in [4.69, 9.17) is 9.47 Å². The standard InChI is InChI=1S/C12H12N2O4/c1-12(10(15)13-11(16)14-12)5-7-2-3-8-9(4-7)18-6-17-8/h2-4H,5-6H2,1H3,(H2,13,14,15,16)/t12-/m0/s1. The van der Waals surface area contributed by atoms with E-state index < -0.39 is 11.6 Å². The van der Waals surface area contributed by atoms with E-state index in [2.05, 4.69) is 10.6 Å². The SMILES string of the molecule is C[C@@]1(Cc2ccc3c(c2)OCO3)NC(=O)NC1=O. The molecule has 1 fully saturated rings. The van der Waals surface area contributed by atoms with Crippen LogP contribution >= 0.6 is 0 Å². The second-order valence-corrected chi connectivity index (χ2v) is 4.60. The Morgan fingerprint density at radius 2 is 2.06 bits per heavy atom. The second kappa shape index (κ2) is 3.63. The van der Waals surface area contributed by atoms with Crippen LogP contribution in [0.2, 0.25) is 0 Å². The Morgan fingerprint density at radius 1 is 1.28 bits per heavy atom. The molecule has 0 aromatic heterocycles. The highest BCUT2D eigenvalue weighted by Crippen LogP contribution is 2.33. The third kappa shape index (κ3) is 1.66. The van der Waals surface area contributed by atoms with Crippen LogP contribution in [0.3, 0.4) is 0 Å². The third-order valence-electron chi connectivity index (χ3n) is 3.11. The molecular formula is C12H12N2O4. The fourth-order valence-electron chi connectivity index (χ4n) is 2.16. The zero-order valence-electron chi connectivity index (χ0n) is 9.78. The number of amides is 3. The number of carbonyl (C=O) groups is 2. The fraction of sp³-hybridized carbons (Fsp3) is 0.333. The number of imide groups is 1. The molecule has 2 N–H and O–H groups in total. The van der Waals surface area contributed by atoms with Gasteiger partial charge in [-0.3, -0.25) is 10.1 Å². The van der Waals surface area contributed by atoms with E-state index in [0.717, 1.165) is 5.56 Å². The average Bonchev–Trinajstić information content (AvgIpc) is 2.84. The first-order valence-electron chi connectivity index (χ1n) is 5.59. The number of carbonyl (C=O) groups excluding carboxylic acids is 2. The molecule has 0 spiro atoms. The number of urea groups is 1. The smallest absolute Gasteiger partial charge is 0.322 e. The molecule has 0 unspecified atom stereocenters. The van der Waals surface area contributed by atoms with Crippen molar-refractivity contribution in [2.24, 2.45) is 0 Å². The highest BCUT2D eigenvalue weighted by molar-refractivity contribution is 6.06. The van der Waals surface area contributed by atoms with Gasteiger partial charge in [0.25, 0.3) is 5.91 Å². The van der Waals surface area contributed by atoms with Crippen molar-refractivity contribution in [2.75, 3.05) is 6.79 Å². The normalized spacial score (nSPS) is 24.9. The van der Waals surface area contributed by atoms with Crippen molar-refractivity contribution < 1.29 is 19.1 Å². The van der Waals surface area contributed by atoms with Gasteiger partial charge in [-0.25, -0.2) is 4.79 Å². The summed E-state index contributed by atoms with van der Waals surface area (Å²) in [6, 6.07) is 5.03. The lowest BCUT2D eigenvalue weighted by Gasteiger charge is -2.20. The first-order chi connectivity index (χ1) is 8.57. The maximum atomic E-state index is 11.7. The number of nitrogens with one attached hydrogen (secondary N) is 2. The van der Waals surface area contributed by atoms with E-state index in [1.54, 1.807) is 13.0 Å². The molecule has 1 aromatic carbocycles. The predicted octanol–water partition coefficient (Wildman–Crippen LogP) is 0.556. The van der Waals surface area contributed by atoms with Crippen LogP contribution in [0.1, 0.15) is 12.5 Å². The molecule has 0 aliphatic carbocycles. The van der Waals surface area contributed by atoms with Gasteiger partial charge in [0.1, 0.15) is 5.54 Å². The molecule has 6 heteroatoms. The number of fused-ring (bicyclic) bond motifs is 1. The Bertz CT molecular complexity index is 543. The molecule has 0 bridgehead atoms. The number of ether oxygens (including phenoxy) is 2. The minimum Gasteiger partial charge on any atom is -0.454 e. The van der Waals surface area contributed by atoms with Crippen molar-refractivity contribution in [1.29, 1.82) is 0 Å². The molecule has 2 heterocycles. The van der Waals surface area contributed by atoms with Gasteiger partial charge < -0.3 is 14.8 Å². The average molecular weight is 248 g/mol. The summed E-state index contributed by atoms with van der Waals surface area (Å²) in [5, 5.41) is 4.86.